The highest BCUT2D eigenvalue weighted by Gasteiger charge is 2.33. The number of halogens is 1. The Balaban J connectivity index is 1.73. The summed E-state index contributed by atoms with van der Waals surface area (Å²) in [6.07, 6.45) is 3.36. The number of nitrogens with zero attached hydrogens (tertiary/aromatic N) is 5. The van der Waals surface area contributed by atoms with E-state index >= 15 is 0 Å². The highest BCUT2D eigenvalue weighted by atomic mass is 35.5. The third kappa shape index (κ3) is 5.86. The molecule has 0 unspecified atom stereocenters. The molecule has 39 heavy (non-hydrogen) atoms. The molecule has 1 saturated carbocycles. The molecular formula is C28H36ClN7O3. The van der Waals surface area contributed by atoms with Gasteiger partial charge < -0.3 is 19.3 Å². The quantitative estimate of drug-likeness (QED) is 0.274. The summed E-state index contributed by atoms with van der Waals surface area (Å²) >= 11 is 6.39. The number of imidazole rings is 1. The Morgan fingerprint density at radius 3 is 2.69 bits per heavy atom. The van der Waals surface area contributed by atoms with Gasteiger partial charge in [0.1, 0.15) is 11.2 Å². The number of amidine groups is 1. The Morgan fingerprint density at radius 2 is 2.00 bits per heavy atom. The van der Waals surface area contributed by atoms with Crippen molar-refractivity contribution in [2.24, 2.45) is 17.8 Å². The lowest BCUT2D eigenvalue weighted by atomic mass is 9.83. The van der Waals surface area contributed by atoms with Crippen molar-refractivity contribution >= 4 is 40.6 Å². The molecule has 10 nitrogen and oxygen atoms in total. The molecule has 2 fully saturated rings. The average Bonchev–Trinajstić information content (AvgIpc) is 3.27. The van der Waals surface area contributed by atoms with Gasteiger partial charge in [-0.3, -0.25) is 10.7 Å². The van der Waals surface area contributed by atoms with Crippen LogP contribution in [0.3, 0.4) is 0 Å². The maximum Gasteiger partial charge on any atom is 0.410 e. The van der Waals surface area contributed by atoms with Gasteiger partial charge in [-0.2, -0.15) is 4.98 Å². The number of morpholine rings is 1. The second kappa shape index (κ2) is 11.5. The zero-order valence-corrected chi connectivity index (χ0v) is 23.4. The van der Waals surface area contributed by atoms with E-state index in [0.29, 0.717) is 48.0 Å². The molecule has 1 aliphatic heterocycles. The standard InChI is InChI=1S/C28H36ClN7O3/c1-16(2)21-15-39-12-11-35(21)27-34-25-23(36(27)14-18-9-7-17(3)8-10-18)22(19-5-4-6-20(29)13-19)31-26(33-25)24(30)32-28(37)38/h4-6,13,16-18,21H,7-12,14-15H2,1-3H3,(H2,30,32)(H,37,38)/t17?,18?,21-/m0/s1. The molecule has 1 amide bonds. The molecule has 0 spiro atoms. The Morgan fingerprint density at radius 1 is 1.23 bits per heavy atom. The van der Waals surface area contributed by atoms with Crippen LogP contribution >= 0.6 is 11.6 Å². The highest BCUT2D eigenvalue weighted by molar-refractivity contribution is 6.30. The first-order valence-corrected chi connectivity index (χ1v) is 14.1. The summed E-state index contributed by atoms with van der Waals surface area (Å²) in [6, 6.07) is 7.54. The van der Waals surface area contributed by atoms with Gasteiger partial charge in [-0.1, -0.05) is 57.3 Å². The molecule has 1 aromatic carbocycles. The van der Waals surface area contributed by atoms with E-state index in [0.717, 1.165) is 42.3 Å². The van der Waals surface area contributed by atoms with Crippen LogP contribution in [0.15, 0.2) is 24.3 Å². The smallest absolute Gasteiger partial charge is 0.410 e. The number of hydrogen-bond acceptors (Lipinski definition) is 7. The molecule has 2 aliphatic rings. The van der Waals surface area contributed by atoms with E-state index in [1.807, 2.05) is 18.2 Å². The minimum absolute atomic E-state index is 0.0371. The summed E-state index contributed by atoms with van der Waals surface area (Å²) in [7, 11) is 0. The number of anilines is 1. The van der Waals surface area contributed by atoms with Crippen LogP contribution in [0, 0.1) is 23.2 Å². The minimum Gasteiger partial charge on any atom is -0.465 e. The molecular weight excluding hydrogens is 518 g/mol. The van der Waals surface area contributed by atoms with E-state index in [4.69, 9.17) is 31.7 Å². The van der Waals surface area contributed by atoms with E-state index in [2.05, 4.69) is 40.5 Å². The third-order valence-electron chi connectivity index (χ3n) is 7.90. The van der Waals surface area contributed by atoms with E-state index in [1.165, 1.54) is 12.8 Å². The first kappa shape index (κ1) is 27.3. The fraction of sp³-hybridized carbons (Fsp3) is 0.536. The number of carbonyl (C=O) groups is 1. The maximum absolute atomic E-state index is 11.3. The lowest BCUT2D eigenvalue weighted by Gasteiger charge is -2.39. The number of aromatic nitrogens is 4. The van der Waals surface area contributed by atoms with Crippen LogP contribution in [-0.4, -0.2) is 62.4 Å². The fourth-order valence-corrected chi connectivity index (χ4v) is 5.91. The van der Waals surface area contributed by atoms with E-state index in [9.17, 15) is 9.90 Å². The lowest BCUT2D eigenvalue weighted by molar-refractivity contribution is 0.0792. The van der Waals surface area contributed by atoms with Gasteiger partial charge >= 0.3 is 6.09 Å². The fourth-order valence-electron chi connectivity index (χ4n) is 5.72. The number of ether oxygens (including phenoxy) is 1. The summed E-state index contributed by atoms with van der Waals surface area (Å²) in [6.45, 7) is 9.42. The van der Waals surface area contributed by atoms with Crippen molar-refractivity contribution in [2.45, 2.75) is 59.0 Å². The number of benzene rings is 1. The van der Waals surface area contributed by atoms with Gasteiger partial charge in [0, 0.05) is 23.7 Å². The SMILES string of the molecule is CC1CCC(Cn2c(N3CCOC[C@H]3C(C)C)nc3nc(C(=N)NC(=O)O)nc(-c4cccc(Cl)c4)c32)CC1. The summed E-state index contributed by atoms with van der Waals surface area (Å²) in [4.78, 5) is 28.0. The van der Waals surface area contributed by atoms with Crippen molar-refractivity contribution < 1.29 is 14.6 Å². The Hall–Kier alpha value is -3.24. The molecule has 3 heterocycles. The van der Waals surface area contributed by atoms with Crippen LogP contribution in [0.4, 0.5) is 10.7 Å². The summed E-state index contributed by atoms with van der Waals surface area (Å²) in [5, 5.41) is 20.2. The second-order valence-corrected chi connectivity index (χ2v) is 11.5. The average molecular weight is 554 g/mol. The molecule has 1 aliphatic carbocycles. The monoisotopic (exact) mass is 553 g/mol. The number of nitrogens with one attached hydrogen (secondary N) is 2. The van der Waals surface area contributed by atoms with E-state index < -0.39 is 11.9 Å². The van der Waals surface area contributed by atoms with Gasteiger partial charge in [-0.25, -0.2) is 14.8 Å². The molecule has 1 saturated heterocycles. The van der Waals surface area contributed by atoms with Crippen LogP contribution in [0.2, 0.25) is 5.02 Å². The highest BCUT2D eigenvalue weighted by Crippen LogP contribution is 2.36. The molecule has 2 aromatic heterocycles. The first-order chi connectivity index (χ1) is 18.7. The van der Waals surface area contributed by atoms with Crippen LogP contribution in [-0.2, 0) is 11.3 Å². The van der Waals surface area contributed by atoms with Crippen LogP contribution in [0.25, 0.3) is 22.4 Å². The number of rotatable bonds is 6. The second-order valence-electron chi connectivity index (χ2n) is 11.1. The zero-order valence-electron chi connectivity index (χ0n) is 22.7. The molecule has 208 valence electrons. The van der Waals surface area contributed by atoms with Crippen molar-refractivity contribution in [3.8, 4) is 11.3 Å². The summed E-state index contributed by atoms with van der Waals surface area (Å²) in [5.74, 6) is 1.95. The molecule has 1 atom stereocenters. The maximum atomic E-state index is 11.3. The minimum atomic E-state index is -1.35. The number of amides is 1. The molecule has 0 bridgehead atoms. The topological polar surface area (TPSA) is 129 Å². The zero-order chi connectivity index (χ0) is 27.7. The molecule has 11 heteroatoms. The molecule has 0 radical (unpaired) electrons. The Kier molecular flexibility index (Phi) is 8.04. The van der Waals surface area contributed by atoms with E-state index in [-0.39, 0.29) is 11.9 Å². The van der Waals surface area contributed by atoms with E-state index in [1.54, 1.807) is 6.07 Å². The normalized spacial score (nSPS) is 21.9. The number of fused-ring (bicyclic) bond motifs is 1. The van der Waals surface area contributed by atoms with Crippen molar-refractivity contribution in [1.29, 1.82) is 5.41 Å². The summed E-state index contributed by atoms with van der Waals surface area (Å²) < 4.78 is 8.11. The number of hydrogen-bond donors (Lipinski definition) is 3. The molecule has 5 rings (SSSR count). The van der Waals surface area contributed by atoms with Crippen molar-refractivity contribution in [3.05, 3.63) is 35.1 Å². The van der Waals surface area contributed by atoms with Gasteiger partial charge in [-0.05, 0) is 42.7 Å². The predicted octanol–water partition coefficient (Wildman–Crippen LogP) is 5.43. The third-order valence-corrected chi connectivity index (χ3v) is 8.14. The van der Waals surface area contributed by atoms with Crippen molar-refractivity contribution in [2.75, 3.05) is 24.7 Å². The largest absolute Gasteiger partial charge is 0.465 e. The van der Waals surface area contributed by atoms with Gasteiger partial charge in [0.15, 0.2) is 17.3 Å². The van der Waals surface area contributed by atoms with Crippen LogP contribution in [0.1, 0.15) is 52.3 Å². The van der Waals surface area contributed by atoms with Crippen LogP contribution in [0.5, 0.6) is 0 Å². The first-order valence-electron chi connectivity index (χ1n) is 13.7. The van der Waals surface area contributed by atoms with Gasteiger partial charge in [0.05, 0.1) is 19.3 Å². The van der Waals surface area contributed by atoms with Gasteiger partial charge in [-0.15, -0.1) is 0 Å². The molecule has 3 N–H and O–H groups in total. The van der Waals surface area contributed by atoms with Gasteiger partial charge in [0.2, 0.25) is 5.95 Å². The predicted molar refractivity (Wildman–Crippen MR) is 152 cm³/mol. The van der Waals surface area contributed by atoms with Crippen LogP contribution < -0.4 is 10.2 Å². The Bertz CT molecular complexity index is 1370. The van der Waals surface area contributed by atoms with Crippen molar-refractivity contribution in [3.63, 3.8) is 0 Å². The molecule has 3 aromatic rings. The van der Waals surface area contributed by atoms with Gasteiger partial charge in [0.25, 0.3) is 0 Å². The summed E-state index contributed by atoms with van der Waals surface area (Å²) in [5.41, 5.74) is 2.53. The van der Waals surface area contributed by atoms with Crippen molar-refractivity contribution in [1.82, 2.24) is 24.8 Å². The number of carboxylic acid groups (broad SMARTS) is 1. The lowest BCUT2D eigenvalue weighted by Crippen LogP contribution is -2.49. The Labute approximate surface area is 233 Å².